The summed E-state index contributed by atoms with van der Waals surface area (Å²) < 4.78 is 12.9. The summed E-state index contributed by atoms with van der Waals surface area (Å²) in [4.78, 5) is 0.998. The van der Waals surface area contributed by atoms with Gasteiger partial charge < -0.3 is 4.55 Å². The normalized spacial score (nSPS) is 31.2. The maximum absolute atomic E-state index is 12.8. The Morgan fingerprint density at radius 2 is 1.29 bits per heavy atom. The molecule has 21 heavy (non-hydrogen) atoms. The van der Waals surface area contributed by atoms with Crippen LogP contribution in [0.25, 0.3) is 0 Å². The van der Waals surface area contributed by atoms with Gasteiger partial charge in [-0.15, -0.1) is 0 Å². The predicted octanol–water partition coefficient (Wildman–Crippen LogP) is 4.29. The molecule has 0 aromatic heterocycles. The molecule has 0 spiro atoms. The van der Waals surface area contributed by atoms with Crippen molar-refractivity contribution in [2.45, 2.75) is 48.2 Å². The van der Waals surface area contributed by atoms with Crippen molar-refractivity contribution >= 4 is 11.2 Å². The largest absolute Gasteiger partial charge is 0.611 e. The first-order valence-electron chi connectivity index (χ1n) is 7.59. The number of hydrogen-bond donors (Lipinski definition) is 0. The smallest absolute Gasteiger partial charge is 0.153 e. The number of benzene rings is 2. The fourth-order valence-corrected chi connectivity index (χ4v) is 6.12. The number of hydrogen-bond acceptors (Lipinski definition) is 1. The van der Waals surface area contributed by atoms with E-state index in [1.165, 1.54) is 16.7 Å². The highest BCUT2D eigenvalue weighted by atomic mass is 32.2. The molecular weight excluding hydrogens is 276 g/mol. The Morgan fingerprint density at radius 3 is 1.81 bits per heavy atom. The highest BCUT2D eigenvalue weighted by molar-refractivity contribution is 7.93. The Morgan fingerprint density at radius 1 is 0.810 bits per heavy atom. The van der Waals surface area contributed by atoms with Gasteiger partial charge in [-0.1, -0.05) is 47.5 Å². The Kier molecular flexibility index (Phi) is 2.79. The zero-order valence-corrected chi connectivity index (χ0v) is 13.4. The van der Waals surface area contributed by atoms with Gasteiger partial charge in [0.25, 0.3) is 0 Å². The first-order chi connectivity index (χ1) is 10.0. The van der Waals surface area contributed by atoms with E-state index in [9.17, 15) is 4.55 Å². The number of aryl methyl sites for hydroxylation is 2. The van der Waals surface area contributed by atoms with Crippen LogP contribution >= 0.6 is 0 Å². The van der Waals surface area contributed by atoms with Crippen molar-refractivity contribution in [1.29, 1.82) is 0 Å². The van der Waals surface area contributed by atoms with E-state index in [-0.39, 0.29) is 4.75 Å². The van der Waals surface area contributed by atoms with Gasteiger partial charge in [0, 0.05) is 24.7 Å². The van der Waals surface area contributed by atoms with Crippen LogP contribution in [0.15, 0.2) is 53.4 Å². The molecule has 3 aliphatic carbocycles. The van der Waals surface area contributed by atoms with Crippen molar-refractivity contribution < 1.29 is 4.55 Å². The van der Waals surface area contributed by atoms with Crippen LogP contribution in [0, 0.1) is 13.8 Å². The highest BCUT2D eigenvalue weighted by Gasteiger charge is 2.75. The molecule has 3 saturated carbocycles. The molecule has 0 amide bonds. The minimum atomic E-state index is -0.853. The Bertz CT molecular complexity index is 652. The maximum Gasteiger partial charge on any atom is 0.153 e. The molecule has 0 saturated heterocycles. The van der Waals surface area contributed by atoms with Crippen LogP contribution in [-0.4, -0.2) is 9.30 Å². The molecule has 2 aromatic rings. The van der Waals surface area contributed by atoms with Crippen molar-refractivity contribution in [3.63, 3.8) is 0 Å². The van der Waals surface area contributed by atoms with E-state index in [1.807, 2.05) is 12.1 Å². The minimum Gasteiger partial charge on any atom is -0.611 e. The molecule has 2 aromatic carbocycles. The van der Waals surface area contributed by atoms with Crippen molar-refractivity contribution in [1.82, 2.24) is 0 Å². The lowest BCUT2D eigenvalue weighted by molar-refractivity contribution is -0.000296. The van der Waals surface area contributed by atoms with Gasteiger partial charge >= 0.3 is 0 Å². The van der Waals surface area contributed by atoms with Crippen molar-refractivity contribution in [2.75, 3.05) is 0 Å². The second-order valence-corrected chi connectivity index (χ2v) is 8.82. The topological polar surface area (TPSA) is 23.1 Å². The van der Waals surface area contributed by atoms with E-state index in [0.29, 0.717) is 5.41 Å². The second kappa shape index (κ2) is 4.37. The third-order valence-corrected chi connectivity index (χ3v) is 7.19. The molecule has 2 bridgehead atoms. The zero-order valence-electron chi connectivity index (χ0n) is 12.6. The molecule has 5 rings (SSSR count). The molecule has 1 nitrogen and oxygen atoms in total. The summed E-state index contributed by atoms with van der Waals surface area (Å²) in [5, 5.41) is 0. The monoisotopic (exact) mass is 296 g/mol. The summed E-state index contributed by atoms with van der Waals surface area (Å²) in [6, 6.07) is 17.1. The lowest BCUT2D eigenvalue weighted by Crippen LogP contribution is -2.72. The van der Waals surface area contributed by atoms with Crippen LogP contribution in [0.1, 0.15) is 36.0 Å². The van der Waals surface area contributed by atoms with E-state index in [0.717, 1.165) is 24.2 Å². The highest BCUT2D eigenvalue weighted by Crippen LogP contribution is 2.72. The molecule has 3 aliphatic rings. The molecule has 2 heteroatoms. The van der Waals surface area contributed by atoms with E-state index in [2.05, 4.69) is 50.2 Å². The van der Waals surface area contributed by atoms with Gasteiger partial charge in [-0.3, -0.25) is 0 Å². The van der Waals surface area contributed by atoms with E-state index >= 15 is 0 Å². The summed E-state index contributed by atoms with van der Waals surface area (Å²) in [6.45, 7) is 4.19. The molecule has 1 atom stereocenters. The maximum atomic E-state index is 12.8. The van der Waals surface area contributed by atoms with Gasteiger partial charge in [0.2, 0.25) is 0 Å². The summed E-state index contributed by atoms with van der Waals surface area (Å²) >= 11 is -0.853. The quantitative estimate of drug-likeness (QED) is 0.775. The lowest BCUT2D eigenvalue weighted by atomic mass is 9.41. The second-order valence-electron chi connectivity index (χ2n) is 6.94. The zero-order chi connectivity index (χ0) is 14.7. The Balaban J connectivity index is 1.52. The molecule has 0 N–H and O–H groups in total. The van der Waals surface area contributed by atoms with Gasteiger partial charge in [-0.05, 0) is 42.7 Å². The molecule has 0 heterocycles. The van der Waals surface area contributed by atoms with Gasteiger partial charge in [0.15, 0.2) is 4.90 Å². The summed E-state index contributed by atoms with van der Waals surface area (Å²) in [5.41, 5.74) is 4.30. The van der Waals surface area contributed by atoms with Crippen molar-refractivity contribution in [2.24, 2.45) is 0 Å². The first-order valence-corrected chi connectivity index (χ1v) is 8.74. The lowest BCUT2D eigenvalue weighted by Gasteiger charge is -2.68. The van der Waals surface area contributed by atoms with Crippen molar-refractivity contribution in [3.05, 3.63) is 65.2 Å². The van der Waals surface area contributed by atoms with Gasteiger partial charge in [0.1, 0.15) is 4.75 Å². The van der Waals surface area contributed by atoms with Gasteiger partial charge in [-0.25, -0.2) is 0 Å². The van der Waals surface area contributed by atoms with E-state index < -0.39 is 11.2 Å². The minimum absolute atomic E-state index is 0.0557. The fraction of sp³-hybridized carbons (Fsp3) is 0.368. The van der Waals surface area contributed by atoms with Crippen LogP contribution in [0.4, 0.5) is 0 Å². The summed E-state index contributed by atoms with van der Waals surface area (Å²) in [6.07, 6.45) is 3.26. The average Bonchev–Trinajstić information content (AvgIpc) is 2.38. The fourth-order valence-electron chi connectivity index (χ4n) is 4.02. The number of rotatable bonds is 3. The molecule has 3 fully saturated rings. The molecule has 0 aliphatic heterocycles. The third-order valence-electron chi connectivity index (χ3n) is 5.27. The van der Waals surface area contributed by atoms with Gasteiger partial charge in [-0.2, -0.15) is 0 Å². The van der Waals surface area contributed by atoms with Crippen LogP contribution in [0.3, 0.4) is 0 Å². The molecule has 0 radical (unpaired) electrons. The molecular formula is C19H20OS. The Hall–Kier alpha value is -1.25. The molecule has 108 valence electrons. The van der Waals surface area contributed by atoms with Crippen LogP contribution in [0.2, 0.25) is 0 Å². The van der Waals surface area contributed by atoms with Crippen LogP contribution in [-0.2, 0) is 16.6 Å². The van der Waals surface area contributed by atoms with E-state index in [4.69, 9.17) is 0 Å². The molecule has 1 unspecified atom stereocenters. The summed E-state index contributed by atoms with van der Waals surface area (Å²) in [5.74, 6) is 0. The summed E-state index contributed by atoms with van der Waals surface area (Å²) in [7, 11) is 0. The predicted molar refractivity (Wildman–Crippen MR) is 87.0 cm³/mol. The van der Waals surface area contributed by atoms with Crippen LogP contribution < -0.4 is 0 Å². The van der Waals surface area contributed by atoms with Gasteiger partial charge in [0.05, 0.1) is 0 Å². The Labute approximate surface area is 129 Å². The average molecular weight is 296 g/mol. The standard InChI is InChI=1S/C19H20OS/c1-14-3-7-16(8-4-14)18-11-19(12-18,13-18)21(20)17-9-5-15(2)6-10-17/h3-10H,11-13H2,1-2H3. The first kappa shape index (κ1) is 13.4. The van der Waals surface area contributed by atoms with Crippen molar-refractivity contribution in [3.8, 4) is 0 Å². The SMILES string of the molecule is Cc1ccc([S+]([O-])C23CC(c4ccc(C)cc4)(C2)C3)cc1. The third kappa shape index (κ3) is 1.89. The van der Waals surface area contributed by atoms with Crippen LogP contribution in [0.5, 0.6) is 0 Å². The van der Waals surface area contributed by atoms with E-state index in [1.54, 1.807) is 0 Å².